The van der Waals surface area contributed by atoms with Crippen molar-refractivity contribution in [1.82, 2.24) is 14.8 Å². The Morgan fingerprint density at radius 2 is 1.79 bits per heavy atom. The molecule has 2 amide bonds. The first-order chi connectivity index (χ1) is 13.6. The quantitative estimate of drug-likeness (QED) is 0.523. The Bertz CT molecular complexity index is 907. The van der Waals surface area contributed by atoms with Crippen LogP contribution in [0, 0.1) is 5.82 Å². The van der Waals surface area contributed by atoms with Crippen LogP contribution in [-0.2, 0) is 16.0 Å². The van der Waals surface area contributed by atoms with Crippen molar-refractivity contribution in [2.45, 2.75) is 13.3 Å². The fourth-order valence-corrected chi connectivity index (χ4v) is 3.27. The van der Waals surface area contributed by atoms with Gasteiger partial charge in [0.15, 0.2) is 0 Å². The Morgan fingerprint density at radius 1 is 1.11 bits per heavy atom. The lowest BCUT2D eigenvalue weighted by Crippen LogP contribution is -2.36. The van der Waals surface area contributed by atoms with Crippen LogP contribution in [0.4, 0.5) is 4.39 Å². The first-order valence-corrected chi connectivity index (χ1v) is 9.18. The topological polar surface area (TPSA) is 53.5 Å². The summed E-state index contributed by atoms with van der Waals surface area (Å²) in [5, 5.41) is 0. The number of likely N-dealkylation sites (N-methyl/N-ethyl adjacent to an activating group) is 1. The third-order valence-corrected chi connectivity index (χ3v) is 4.71. The van der Waals surface area contributed by atoms with Gasteiger partial charge >= 0.3 is 0 Å². The van der Waals surface area contributed by atoms with E-state index in [1.807, 2.05) is 24.0 Å². The molecule has 0 unspecified atom stereocenters. The van der Waals surface area contributed by atoms with Gasteiger partial charge in [0.25, 0.3) is 11.8 Å². The molecule has 0 fully saturated rings. The molecule has 0 bridgehead atoms. The van der Waals surface area contributed by atoms with Crippen LogP contribution in [0.2, 0.25) is 0 Å². The molecule has 2 aromatic rings. The number of halogens is 1. The SMILES string of the molecule is C=CCN1C(=O)C(c2ccc(F)cc2)=C(N(CC)CCc2ccncc2)C1=O. The third kappa shape index (κ3) is 3.86. The van der Waals surface area contributed by atoms with Crippen LogP contribution in [0.25, 0.3) is 5.57 Å². The van der Waals surface area contributed by atoms with Gasteiger partial charge in [0.05, 0.1) is 5.57 Å². The van der Waals surface area contributed by atoms with E-state index in [0.29, 0.717) is 36.3 Å². The summed E-state index contributed by atoms with van der Waals surface area (Å²) in [6.07, 6.45) is 5.68. The van der Waals surface area contributed by atoms with E-state index in [9.17, 15) is 14.0 Å². The van der Waals surface area contributed by atoms with E-state index in [2.05, 4.69) is 11.6 Å². The number of imide groups is 1. The molecule has 0 spiro atoms. The molecule has 0 saturated carbocycles. The van der Waals surface area contributed by atoms with Crippen molar-refractivity contribution in [2.75, 3.05) is 19.6 Å². The minimum Gasteiger partial charge on any atom is -0.366 e. The second-order valence-electron chi connectivity index (χ2n) is 6.43. The zero-order chi connectivity index (χ0) is 20.1. The average Bonchev–Trinajstić information content (AvgIpc) is 2.95. The standard InChI is InChI=1S/C22H22FN3O2/c1-3-14-26-21(27)19(17-5-7-18(23)8-6-17)20(22(26)28)25(4-2)15-11-16-9-12-24-13-10-16/h3,5-10,12-13H,1,4,11,14-15H2,2H3. The zero-order valence-electron chi connectivity index (χ0n) is 15.8. The van der Waals surface area contributed by atoms with E-state index in [4.69, 9.17) is 0 Å². The highest BCUT2D eigenvalue weighted by Gasteiger charge is 2.40. The molecule has 144 valence electrons. The maximum atomic E-state index is 13.4. The highest BCUT2D eigenvalue weighted by atomic mass is 19.1. The average molecular weight is 379 g/mol. The van der Waals surface area contributed by atoms with Crippen molar-refractivity contribution >= 4 is 17.4 Å². The van der Waals surface area contributed by atoms with Crippen molar-refractivity contribution in [3.05, 3.63) is 84.1 Å². The number of benzene rings is 1. The molecule has 1 aromatic carbocycles. The van der Waals surface area contributed by atoms with Crippen molar-refractivity contribution in [3.63, 3.8) is 0 Å². The summed E-state index contributed by atoms with van der Waals surface area (Å²) in [4.78, 5) is 33.1. The summed E-state index contributed by atoms with van der Waals surface area (Å²) in [6, 6.07) is 9.50. The molecule has 2 heterocycles. The van der Waals surface area contributed by atoms with E-state index in [0.717, 1.165) is 5.56 Å². The van der Waals surface area contributed by atoms with E-state index >= 15 is 0 Å². The molecule has 0 radical (unpaired) electrons. The van der Waals surface area contributed by atoms with Crippen molar-refractivity contribution < 1.29 is 14.0 Å². The van der Waals surface area contributed by atoms with Gasteiger partial charge < -0.3 is 4.90 Å². The monoisotopic (exact) mass is 379 g/mol. The van der Waals surface area contributed by atoms with Gasteiger partial charge in [-0.25, -0.2) is 4.39 Å². The zero-order valence-corrected chi connectivity index (χ0v) is 15.8. The largest absolute Gasteiger partial charge is 0.366 e. The first-order valence-electron chi connectivity index (χ1n) is 9.18. The molecule has 1 aliphatic rings. The van der Waals surface area contributed by atoms with Gasteiger partial charge in [-0.15, -0.1) is 6.58 Å². The number of hydrogen-bond acceptors (Lipinski definition) is 4. The van der Waals surface area contributed by atoms with Crippen LogP contribution in [0.5, 0.6) is 0 Å². The number of aromatic nitrogens is 1. The summed E-state index contributed by atoms with van der Waals surface area (Å²) in [5.41, 5.74) is 2.29. The fourth-order valence-electron chi connectivity index (χ4n) is 3.27. The molecule has 0 atom stereocenters. The van der Waals surface area contributed by atoms with Crippen LogP contribution in [-0.4, -0.2) is 46.2 Å². The minimum absolute atomic E-state index is 0.133. The summed E-state index contributed by atoms with van der Waals surface area (Å²) in [7, 11) is 0. The van der Waals surface area contributed by atoms with Crippen molar-refractivity contribution in [2.24, 2.45) is 0 Å². The summed E-state index contributed by atoms with van der Waals surface area (Å²) in [6.45, 7) is 6.84. The number of carbonyl (C=O) groups excluding carboxylic acids is 2. The maximum Gasteiger partial charge on any atom is 0.278 e. The number of pyridine rings is 1. The Kier molecular flexibility index (Phi) is 5.99. The maximum absolute atomic E-state index is 13.4. The second-order valence-corrected chi connectivity index (χ2v) is 6.43. The highest BCUT2D eigenvalue weighted by Crippen LogP contribution is 2.31. The van der Waals surface area contributed by atoms with Gasteiger partial charge in [-0.1, -0.05) is 18.2 Å². The fraction of sp³-hybridized carbons (Fsp3) is 0.227. The smallest absolute Gasteiger partial charge is 0.278 e. The molecule has 0 saturated heterocycles. The second kappa shape index (κ2) is 8.61. The van der Waals surface area contributed by atoms with Crippen molar-refractivity contribution in [3.8, 4) is 0 Å². The Labute approximate surface area is 163 Å². The molecule has 6 heteroatoms. The highest BCUT2D eigenvalue weighted by molar-refractivity contribution is 6.35. The summed E-state index contributed by atoms with van der Waals surface area (Å²) < 4.78 is 13.4. The number of carbonyl (C=O) groups is 2. The summed E-state index contributed by atoms with van der Waals surface area (Å²) >= 11 is 0. The predicted molar refractivity (Wildman–Crippen MR) is 105 cm³/mol. The lowest BCUT2D eigenvalue weighted by atomic mass is 10.0. The number of hydrogen-bond donors (Lipinski definition) is 0. The Balaban J connectivity index is 1.99. The molecule has 3 rings (SSSR count). The molecule has 1 aromatic heterocycles. The predicted octanol–water partition coefficient (Wildman–Crippen LogP) is 3.05. The van der Waals surface area contributed by atoms with Gasteiger partial charge in [0.1, 0.15) is 11.5 Å². The van der Waals surface area contributed by atoms with Gasteiger partial charge in [-0.05, 0) is 48.7 Å². The van der Waals surface area contributed by atoms with Crippen LogP contribution < -0.4 is 0 Å². The lowest BCUT2D eigenvalue weighted by Gasteiger charge is -2.24. The molecule has 28 heavy (non-hydrogen) atoms. The molecule has 0 aliphatic carbocycles. The Hall–Kier alpha value is -3.28. The normalized spacial score (nSPS) is 14.0. The number of rotatable bonds is 8. The lowest BCUT2D eigenvalue weighted by molar-refractivity contribution is -0.136. The third-order valence-electron chi connectivity index (χ3n) is 4.71. The Morgan fingerprint density at radius 3 is 2.39 bits per heavy atom. The van der Waals surface area contributed by atoms with Crippen LogP contribution in [0.15, 0.2) is 67.1 Å². The molecule has 1 aliphatic heterocycles. The molecule has 0 N–H and O–H groups in total. The van der Waals surface area contributed by atoms with E-state index < -0.39 is 5.82 Å². The number of amides is 2. The minimum atomic E-state index is -0.393. The summed E-state index contributed by atoms with van der Waals surface area (Å²) in [5.74, 6) is -1.12. The van der Waals surface area contributed by atoms with E-state index in [1.165, 1.54) is 35.2 Å². The number of nitrogens with zero attached hydrogens (tertiary/aromatic N) is 3. The van der Waals surface area contributed by atoms with E-state index in [1.54, 1.807) is 12.4 Å². The van der Waals surface area contributed by atoms with Gasteiger partial charge in [-0.3, -0.25) is 19.5 Å². The van der Waals surface area contributed by atoms with E-state index in [-0.39, 0.29) is 18.4 Å². The molecule has 5 nitrogen and oxygen atoms in total. The van der Waals surface area contributed by atoms with Gasteiger partial charge in [0.2, 0.25) is 0 Å². The van der Waals surface area contributed by atoms with Crippen molar-refractivity contribution in [1.29, 1.82) is 0 Å². The molecular formula is C22H22FN3O2. The van der Waals surface area contributed by atoms with Crippen LogP contribution in [0.3, 0.4) is 0 Å². The first kappa shape index (κ1) is 19.5. The van der Waals surface area contributed by atoms with Gasteiger partial charge in [0, 0.05) is 32.0 Å². The molecular weight excluding hydrogens is 357 g/mol. The van der Waals surface area contributed by atoms with Crippen LogP contribution in [0.1, 0.15) is 18.1 Å². The van der Waals surface area contributed by atoms with Crippen LogP contribution >= 0.6 is 0 Å². The van der Waals surface area contributed by atoms with Gasteiger partial charge in [-0.2, -0.15) is 0 Å².